The van der Waals surface area contributed by atoms with Gasteiger partial charge in [-0.25, -0.2) is 13.2 Å². The summed E-state index contributed by atoms with van der Waals surface area (Å²) in [7, 11) is 1.22. The monoisotopic (exact) mass is 414 g/mol. The highest BCUT2D eigenvalue weighted by Crippen LogP contribution is 2.30. The number of anilines is 3. The van der Waals surface area contributed by atoms with Crippen LogP contribution in [0.5, 0.6) is 0 Å². The van der Waals surface area contributed by atoms with E-state index >= 15 is 0 Å². The van der Waals surface area contributed by atoms with Gasteiger partial charge in [-0.2, -0.15) is 18.3 Å². The van der Waals surface area contributed by atoms with Crippen LogP contribution in [0.25, 0.3) is 0 Å². The number of nitrogens with one attached hydrogen (secondary N) is 2. The summed E-state index contributed by atoms with van der Waals surface area (Å²) < 4.78 is 79.0. The summed E-state index contributed by atoms with van der Waals surface area (Å²) in [6, 6.07) is 7.80. The van der Waals surface area contributed by atoms with Crippen LogP contribution >= 0.6 is 0 Å². The fraction of sp³-hybridized carbons (Fsp3) is 0.111. The van der Waals surface area contributed by atoms with Gasteiger partial charge in [0.2, 0.25) is 0 Å². The van der Waals surface area contributed by atoms with E-state index in [4.69, 9.17) is 0 Å². The number of rotatable bonds is 4. The molecule has 0 aliphatic heterocycles. The van der Waals surface area contributed by atoms with E-state index in [2.05, 4.69) is 15.7 Å². The van der Waals surface area contributed by atoms with E-state index in [1.54, 1.807) is 0 Å². The molecule has 0 radical (unpaired) electrons. The van der Waals surface area contributed by atoms with E-state index in [0.717, 1.165) is 4.68 Å². The highest BCUT2D eigenvalue weighted by Gasteiger charge is 2.34. The molecule has 0 aliphatic rings. The van der Waals surface area contributed by atoms with Crippen LogP contribution in [-0.4, -0.2) is 15.7 Å². The topological polar surface area (TPSA) is 59.0 Å². The van der Waals surface area contributed by atoms with Gasteiger partial charge < -0.3 is 10.6 Å². The molecule has 0 saturated heterocycles. The molecule has 0 aliphatic carbocycles. The fourth-order valence-corrected chi connectivity index (χ4v) is 2.48. The number of aryl methyl sites for hydroxylation is 1. The number of hydrogen-bond acceptors (Lipinski definition) is 3. The molecule has 11 heteroatoms. The number of alkyl halides is 3. The second-order valence-electron chi connectivity index (χ2n) is 5.91. The molecule has 2 aromatic carbocycles. The molecular formula is C18H12F6N4O. The Morgan fingerprint density at radius 1 is 1.03 bits per heavy atom. The van der Waals surface area contributed by atoms with Gasteiger partial charge >= 0.3 is 6.18 Å². The number of para-hydroxylation sites is 1. The highest BCUT2D eigenvalue weighted by atomic mass is 19.4. The van der Waals surface area contributed by atoms with Gasteiger partial charge in [-0.1, -0.05) is 12.1 Å². The summed E-state index contributed by atoms with van der Waals surface area (Å²) in [5.41, 5.74) is -1.29. The van der Waals surface area contributed by atoms with Crippen molar-refractivity contribution in [2.75, 3.05) is 10.6 Å². The van der Waals surface area contributed by atoms with Gasteiger partial charge in [-0.15, -0.1) is 0 Å². The molecule has 0 saturated carbocycles. The predicted octanol–water partition coefficient (Wildman–Crippen LogP) is 4.85. The van der Waals surface area contributed by atoms with E-state index in [1.807, 2.05) is 0 Å². The van der Waals surface area contributed by atoms with E-state index in [9.17, 15) is 31.1 Å². The van der Waals surface area contributed by atoms with Gasteiger partial charge in [0, 0.05) is 30.9 Å². The lowest BCUT2D eigenvalue weighted by Gasteiger charge is -2.13. The van der Waals surface area contributed by atoms with Crippen LogP contribution in [0.3, 0.4) is 0 Å². The average molecular weight is 414 g/mol. The third-order valence-corrected chi connectivity index (χ3v) is 3.85. The number of halogens is 6. The molecule has 29 heavy (non-hydrogen) atoms. The second kappa shape index (κ2) is 7.49. The zero-order chi connectivity index (χ0) is 21.3. The van der Waals surface area contributed by atoms with Gasteiger partial charge in [-0.05, 0) is 12.1 Å². The average Bonchev–Trinajstić information content (AvgIpc) is 3.01. The Kier molecular flexibility index (Phi) is 5.23. The molecule has 1 aromatic heterocycles. The summed E-state index contributed by atoms with van der Waals surface area (Å²) >= 11 is 0. The Bertz CT molecular complexity index is 1050. The van der Waals surface area contributed by atoms with Gasteiger partial charge in [0.05, 0.1) is 11.3 Å². The molecule has 152 valence electrons. The van der Waals surface area contributed by atoms with Crippen molar-refractivity contribution in [3.05, 3.63) is 71.2 Å². The third kappa shape index (κ3) is 4.33. The second-order valence-corrected chi connectivity index (χ2v) is 5.91. The number of carbonyl (C=O) groups excluding carboxylic acids is 1. The quantitative estimate of drug-likeness (QED) is 0.474. The molecule has 1 heterocycles. The van der Waals surface area contributed by atoms with Crippen LogP contribution < -0.4 is 10.6 Å². The minimum Gasteiger partial charge on any atom is -0.355 e. The van der Waals surface area contributed by atoms with Crippen molar-refractivity contribution >= 4 is 23.1 Å². The number of nitrogens with zero attached hydrogens (tertiary/aromatic N) is 2. The largest absolute Gasteiger partial charge is 0.435 e. The van der Waals surface area contributed by atoms with Crippen molar-refractivity contribution in [1.29, 1.82) is 0 Å². The summed E-state index contributed by atoms with van der Waals surface area (Å²) in [5, 5.41) is 8.16. The smallest absolute Gasteiger partial charge is 0.355 e. The number of amides is 1. The van der Waals surface area contributed by atoms with Crippen molar-refractivity contribution in [2.45, 2.75) is 6.18 Å². The van der Waals surface area contributed by atoms with E-state index in [1.165, 1.54) is 31.3 Å². The van der Waals surface area contributed by atoms with Crippen molar-refractivity contribution < 1.29 is 31.1 Å². The maximum atomic E-state index is 13.4. The predicted molar refractivity (Wildman–Crippen MR) is 92.2 cm³/mol. The SMILES string of the molecule is Cn1nc(C(F)(F)F)cc1NC(=O)c1ccccc1Nc1cc(F)c(F)c(F)c1. The van der Waals surface area contributed by atoms with Crippen molar-refractivity contribution in [2.24, 2.45) is 7.05 Å². The summed E-state index contributed by atoms with van der Waals surface area (Å²) in [4.78, 5) is 12.5. The van der Waals surface area contributed by atoms with Crippen LogP contribution in [0.1, 0.15) is 16.1 Å². The first kappa shape index (κ1) is 20.2. The van der Waals surface area contributed by atoms with Crippen molar-refractivity contribution in [3.63, 3.8) is 0 Å². The lowest BCUT2D eigenvalue weighted by atomic mass is 10.1. The van der Waals surface area contributed by atoms with Gasteiger partial charge in [-0.3, -0.25) is 9.48 Å². The molecule has 0 fully saturated rings. The number of benzene rings is 2. The van der Waals surface area contributed by atoms with Crippen LogP contribution in [-0.2, 0) is 13.2 Å². The maximum Gasteiger partial charge on any atom is 0.435 e. The van der Waals surface area contributed by atoms with Crippen LogP contribution in [0, 0.1) is 17.5 Å². The minimum absolute atomic E-state index is 0.0348. The number of carbonyl (C=O) groups is 1. The van der Waals surface area contributed by atoms with E-state index in [0.29, 0.717) is 18.2 Å². The molecule has 0 unspecified atom stereocenters. The molecule has 5 nitrogen and oxygen atoms in total. The third-order valence-electron chi connectivity index (χ3n) is 3.85. The summed E-state index contributed by atoms with van der Waals surface area (Å²) in [6.07, 6.45) is -4.68. The molecule has 0 spiro atoms. The summed E-state index contributed by atoms with van der Waals surface area (Å²) in [6.45, 7) is 0. The lowest BCUT2D eigenvalue weighted by Crippen LogP contribution is -2.16. The lowest BCUT2D eigenvalue weighted by molar-refractivity contribution is -0.141. The van der Waals surface area contributed by atoms with E-state index in [-0.39, 0.29) is 22.8 Å². The van der Waals surface area contributed by atoms with Crippen LogP contribution in [0.2, 0.25) is 0 Å². The Balaban J connectivity index is 1.87. The zero-order valence-electron chi connectivity index (χ0n) is 14.6. The maximum absolute atomic E-state index is 13.4. The Hall–Kier alpha value is -3.50. The molecular weight excluding hydrogens is 402 g/mol. The Morgan fingerprint density at radius 3 is 2.24 bits per heavy atom. The van der Waals surface area contributed by atoms with Crippen molar-refractivity contribution in [3.8, 4) is 0 Å². The molecule has 0 atom stereocenters. The van der Waals surface area contributed by atoms with Crippen LogP contribution in [0.4, 0.5) is 43.5 Å². The first-order valence-electron chi connectivity index (χ1n) is 7.99. The van der Waals surface area contributed by atoms with Gasteiger partial charge in [0.1, 0.15) is 5.82 Å². The van der Waals surface area contributed by atoms with E-state index < -0.39 is 35.2 Å². The first-order valence-corrected chi connectivity index (χ1v) is 7.99. The molecule has 2 N–H and O–H groups in total. The Labute approximate surface area is 160 Å². The normalized spacial score (nSPS) is 11.4. The summed E-state index contributed by atoms with van der Waals surface area (Å²) in [5.74, 6) is -5.50. The molecule has 3 rings (SSSR count). The zero-order valence-corrected chi connectivity index (χ0v) is 14.6. The molecule has 3 aromatic rings. The number of hydrogen-bond donors (Lipinski definition) is 2. The Morgan fingerprint density at radius 2 is 1.66 bits per heavy atom. The number of aromatic nitrogens is 2. The minimum atomic E-state index is -4.68. The molecule has 0 bridgehead atoms. The van der Waals surface area contributed by atoms with Crippen molar-refractivity contribution in [1.82, 2.24) is 9.78 Å². The standard InChI is InChI=1S/C18H12F6N4O/c1-28-15(8-14(27-28)18(22,23)24)26-17(29)10-4-2-3-5-13(10)25-9-6-11(19)16(21)12(20)7-9/h2-8,25H,1H3,(H,26,29). The highest BCUT2D eigenvalue weighted by molar-refractivity contribution is 6.08. The fourth-order valence-electron chi connectivity index (χ4n) is 2.48. The first-order chi connectivity index (χ1) is 13.6. The van der Waals surface area contributed by atoms with Crippen LogP contribution in [0.15, 0.2) is 42.5 Å². The van der Waals surface area contributed by atoms with Gasteiger partial charge in [0.25, 0.3) is 5.91 Å². The van der Waals surface area contributed by atoms with Gasteiger partial charge in [0.15, 0.2) is 23.1 Å². The molecule has 1 amide bonds.